The van der Waals surface area contributed by atoms with Crippen LogP contribution in [-0.2, 0) is 13.6 Å². The third-order valence-electron chi connectivity index (χ3n) is 5.60. The molecular formula is C22H23BrN6O5S. The van der Waals surface area contributed by atoms with Gasteiger partial charge in [-0.1, -0.05) is 22.9 Å². The van der Waals surface area contributed by atoms with Gasteiger partial charge in [-0.05, 0) is 37.0 Å². The first-order valence-electron chi connectivity index (χ1n) is 10.8. The fourth-order valence-electron chi connectivity index (χ4n) is 3.83. The SMILES string of the molecule is C[C@H](CCCO)Cn1c(NC(=O)c2cc([N+](=O)[O-])c(-c3c[nH]n(C)c3=O)s2)nc2ccc(Br)cc21. The number of imidazole rings is 1. The second-order valence-corrected chi connectivity index (χ2v) is 10.2. The summed E-state index contributed by atoms with van der Waals surface area (Å²) >= 11 is 4.35. The van der Waals surface area contributed by atoms with Gasteiger partial charge in [0, 0.05) is 36.9 Å². The highest BCUT2D eigenvalue weighted by Crippen LogP contribution is 2.37. The van der Waals surface area contributed by atoms with E-state index in [9.17, 15) is 19.7 Å². The lowest BCUT2D eigenvalue weighted by atomic mass is 10.1. The fourth-order valence-corrected chi connectivity index (χ4v) is 5.21. The monoisotopic (exact) mass is 562 g/mol. The van der Waals surface area contributed by atoms with Gasteiger partial charge in [-0.25, -0.2) is 4.98 Å². The molecule has 0 radical (unpaired) electrons. The number of hydrogen-bond acceptors (Lipinski definition) is 7. The molecule has 11 nitrogen and oxygen atoms in total. The number of aromatic nitrogens is 4. The van der Waals surface area contributed by atoms with E-state index in [1.54, 1.807) is 0 Å². The fraction of sp³-hybridized carbons (Fsp3) is 0.318. The van der Waals surface area contributed by atoms with Gasteiger partial charge in [0.2, 0.25) is 5.95 Å². The number of aryl methyl sites for hydroxylation is 1. The molecule has 1 aromatic carbocycles. The van der Waals surface area contributed by atoms with E-state index in [0.717, 1.165) is 27.7 Å². The Labute approximate surface area is 211 Å². The van der Waals surface area contributed by atoms with Gasteiger partial charge >= 0.3 is 0 Å². The topological polar surface area (TPSA) is 148 Å². The van der Waals surface area contributed by atoms with Crippen molar-refractivity contribution in [3.63, 3.8) is 0 Å². The summed E-state index contributed by atoms with van der Waals surface area (Å²) in [4.78, 5) is 41.3. The number of fused-ring (bicyclic) bond motifs is 1. The zero-order valence-corrected chi connectivity index (χ0v) is 21.4. The Kier molecular flexibility index (Phi) is 7.19. The average Bonchev–Trinajstić information content (AvgIpc) is 3.49. The molecule has 0 fully saturated rings. The number of nitrogens with one attached hydrogen (secondary N) is 2. The molecule has 1 atom stereocenters. The molecule has 4 rings (SSSR count). The van der Waals surface area contributed by atoms with Crippen LogP contribution in [0.4, 0.5) is 11.6 Å². The number of nitrogens with zero attached hydrogens (tertiary/aromatic N) is 4. The summed E-state index contributed by atoms with van der Waals surface area (Å²) in [6.07, 6.45) is 2.84. The zero-order valence-electron chi connectivity index (χ0n) is 18.9. The van der Waals surface area contributed by atoms with E-state index in [0.29, 0.717) is 24.4 Å². The molecule has 0 aliphatic rings. The van der Waals surface area contributed by atoms with Crippen LogP contribution in [0.3, 0.4) is 0 Å². The molecule has 35 heavy (non-hydrogen) atoms. The molecule has 0 spiro atoms. The summed E-state index contributed by atoms with van der Waals surface area (Å²) in [7, 11) is 1.50. The van der Waals surface area contributed by atoms with Crippen LogP contribution in [0.5, 0.6) is 0 Å². The maximum Gasteiger partial charge on any atom is 0.288 e. The first-order chi connectivity index (χ1) is 16.7. The van der Waals surface area contributed by atoms with Gasteiger partial charge in [0.1, 0.15) is 4.88 Å². The van der Waals surface area contributed by atoms with Crippen molar-refractivity contribution < 1.29 is 14.8 Å². The number of hydrogen-bond donors (Lipinski definition) is 3. The van der Waals surface area contributed by atoms with Crippen LogP contribution in [0.2, 0.25) is 0 Å². The Morgan fingerprint density at radius 3 is 2.83 bits per heavy atom. The van der Waals surface area contributed by atoms with E-state index in [-0.39, 0.29) is 33.5 Å². The van der Waals surface area contributed by atoms with E-state index in [1.807, 2.05) is 22.8 Å². The summed E-state index contributed by atoms with van der Waals surface area (Å²) in [6.45, 7) is 2.71. The highest BCUT2D eigenvalue weighted by Gasteiger charge is 2.27. The number of aromatic amines is 1. The van der Waals surface area contributed by atoms with E-state index in [2.05, 4.69) is 38.3 Å². The Morgan fingerprint density at radius 2 is 2.17 bits per heavy atom. The van der Waals surface area contributed by atoms with Crippen LogP contribution in [0.15, 0.2) is 39.7 Å². The number of halogens is 1. The third-order valence-corrected chi connectivity index (χ3v) is 7.25. The number of thiophene rings is 1. The summed E-state index contributed by atoms with van der Waals surface area (Å²) in [5, 5.41) is 26.3. The number of carbonyl (C=O) groups is 1. The lowest BCUT2D eigenvalue weighted by Gasteiger charge is -2.15. The molecule has 184 valence electrons. The molecule has 3 heterocycles. The van der Waals surface area contributed by atoms with E-state index in [1.165, 1.54) is 24.0 Å². The van der Waals surface area contributed by atoms with Gasteiger partial charge < -0.3 is 14.8 Å². The van der Waals surface area contributed by atoms with Crippen molar-refractivity contribution >= 4 is 55.8 Å². The van der Waals surface area contributed by atoms with Crippen LogP contribution in [0.25, 0.3) is 21.5 Å². The minimum absolute atomic E-state index is 0.0862. The van der Waals surface area contributed by atoms with E-state index >= 15 is 0 Å². The highest BCUT2D eigenvalue weighted by atomic mass is 79.9. The molecule has 0 unspecified atom stereocenters. The van der Waals surface area contributed by atoms with Crippen LogP contribution < -0.4 is 10.9 Å². The number of amides is 1. The number of rotatable bonds is 9. The minimum atomic E-state index is -0.606. The normalized spacial score (nSPS) is 12.2. The van der Waals surface area contributed by atoms with Gasteiger partial charge in [0.05, 0.1) is 26.4 Å². The van der Waals surface area contributed by atoms with Crippen molar-refractivity contribution in [2.75, 3.05) is 11.9 Å². The highest BCUT2D eigenvalue weighted by molar-refractivity contribution is 9.10. The second kappa shape index (κ2) is 10.1. The zero-order chi connectivity index (χ0) is 25.3. The summed E-state index contributed by atoms with van der Waals surface area (Å²) in [5.74, 6) is -0.0436. The number of aliphatic hydroxyl groups excluding tert-OH is 1. The molecule has 13 heteroatoms. The Balaban J connectivity index is 1.70. The Bertz CT molecular complexity index is 1470. The number of carbonyl (C=O) groups excluding carboxylic acids is 1. The third kappa shape index (κ3) is 5.06. The van der Waals surface area contributed by atoms with Crippen molar-refractivity contribution in [1.82, 2.24) is 19.3 Å². The molecule has 0 bridgehead atoms. The van der Waals surface area contributed by atoms with Crippen molar-refractivity contribution in [2.24, 2.45) is 13.0 Å². The molecule has 0 saturated carbocycles. The molecule has 3 N–H and O–H groups in total. The molecular weight excluding hydrogens is 540 g/mol. The predicted octanol–water partition coefficient (Wildman–Crippen LogP) is 4.12. The lowest BCUT2D eigenvalue weighted by molar-refractivity contribution is -0.383. The maximum absolute atomic E-state index is 13.2. The molecule has 1 amide bonds. The molecule has 3 aromatic heterocycles. The second-order valence-electron chi connectivity index (χ2n) is 8.24. The number of anilines is 1. The predicted molar refractivity (Wildman–Crippen MR) is 137 cm³/mol. The summed E-state index contributed by atoms with van der Waals surface area (Å²) in [6, 6.07) is 6.77. The average molecular weight is 563 g/mol. The first-order valence-corrected chi connectivity index (χ1v) is 12.4. The molecule has 0 aliphatic carbocycles. The van der Waals surface area contributed by atoms with Crippen molar-refractivity contribution in [3.05, 3.63) is 60.3 Å². The standard InChI is InChI=1S/C22H23BrN6O5S/c1-12(4-3-7-30)11-28-16-8-13(23)5-6-15(16)25-22(28)26-20(31)18-9-17(29(33)34)19(35-18)14-10-24-27(2)21(14)32/h5-6,8-10,12,24,30H,3-4,7,11H2,1-2H3,(H,25,26,31)/t12-/m1/s1. The van der Waals surface area contributed by atoms with E-state index in [4.69, 9.17) is 5.11 Å². The van der Waals surface area contributed by atoms with E-state index < -0.39 is 16.4 Å². The Morgan fingerprint density at radius 1 is 1.40 bits per heavy atom. The van der Waals surface area contributed by atoms with Crippen molar-refractivity contribution in [2.45, 2.75) is 26.3 Å². The van der Waals surface area contributed by atoms with Gasteiger partial charge in [-0.15, -0.1) is 11.3 Å². The van der Waals surface area contributed by atoms with Gasteiger partial charge in [-0.2, -0.15) is 0 Å². The van der Waals surface area contributed by atoms with Crippen molar-refractivity contribution in [1.29, 1.82) is 0 Å². The van der Waals surface area contributed by atoms with Crippen LogP contribution >= 0.6 is 27.3 Å². The first kappa shape index (κ1) is 24.8. The molecule has 4 aromatic rings. The molecule has 0 aliphatic heterocycles. The number of benzene rings is 1. The lowest BCUT2D eigenvalue weighted by Crippen LogP contribution is -2.17. The number of nitro groups is 1. The summed E-state index contributed by atoms with van der Waals surface area (Å²) < 4.78 is 3.96. The summed E-state index contributed by atoms with van der Waals surface area (Å²) in [5.41, 5.74) is 0.891. The quantitative estimate of drug-likeness (QED) is 0.206. The van der Waals surface area contributed by atoms with Crippen LogP contribution in [-0.4, -0.2) is 41.9 Å². The van der Waals surface area contributed by atoms with Gasteiger partial charge in [0.25, 0.3) is 17.2 Å². The van der Waals surface area contributed by atoms with Crippen molar-refractivity contribution in [3.8, 4) is 10.4 Å². The van der Waals surface area contributed by atoms with Crippen LogP contribution in [0, 0.1) is 16.0 Å². The number of H-pyrrole nitrogens is 1. The maximum atomic E-state index is 13.2. The minimum Gasteiger partial charge on any atom is -0.396 e. The number of aliphatic hydroxyl groups is 1. The van der Waals surface area contributed by atoms with Gasteiger partial charge in [-0.3, -0.25) is 29.7 Å². The molecule has 0 saturated heterocycles. The van der Waals surface area contributed by atoms with Gasteiger partial charge in [0.15, 0.2) is 0 Å². The Hall–Kier alpha value is -3.29. The smallest absolute Gasteiger partial charge is 0.288 e. The van der Waals surface area contributed by atoms with Crippen LogP contribution in [0.1, 0.15) is 29.4 Å². The largest absolute Gasteiger partial charge is 0.396 e.